The SMILES string of the molecule is CC1CCCC(C)N1CCS. The van der Waals surface area contributed by atoms with Crippen molar-refractivity contribution in [3.8, 4) is 0 Å². The summed E-state index contributed by atoms with van der Waals surface area (Å²) in [7, 11) is 0. The van der Waals surface area contributed by atoms with Crippen LogP contribution in [0.25, 0.3) is 0 Å². The molecule has 2 heteroatoms. The molecule has 11 heavy (non-hydrogen) atoms. The van der Waals surface area contributed by atoms with E-state index < -0.39 is 0 Å². The second kappa shape index (κ2) is 4.36. The molecule has 0 aromatic rings. The summed E-state index contributed by atoms with van der Waals surface area (Å²) in [6.45, 7) is 5.82. The number of hydrogen-bond donors (Lipinski definition) is 1. The molecule has 1 rings (SSSR count). The van der Waals surface area contributed by atoms with Gasteiger partial charge in [0.05, 0.1) is 0 Å². The fourth-order valence-corrected chi connectivity index (χ4v) is 2.26. The van der Waals surface area contributed by atoms with Gasteiger partial charge in [-0.2, -0.15) is 12.6 Å². The van der Waals surface area contributed by atoms with Crippen molar-refractivity contribution in [2.75, 3.05) is 12.3 Å². The van der Waals surface area contributed by atoms with Crippen LogP contribution in [0.3, 0.4) is 0 Å². The third-order valence-corrected chi connectivity index (χ3v) is 2.93. The summed E-state index contributed by atoms with van der Waals surface area (Å²) < 4.78 is 0. The summed E-state index contributed by atoms with van der Waals surface area (Å²) in [6.07, 6.45) is 4.15. The minimum Gasteiger partial charge on any atom is -0.297 e. The van der Waals surface area contributed by atoms with Crippen molar-refractivity contribution in [1.29, 1.82) is 0 Å². The van der Waals surface area contributed by atoms with Gasteiger partial charge in [0.25, 0.3) is 0 Å². The predicted octanol–water partition coefficient (Wildman–Crippen LogP) is 2.18. The summed E-state index contributed by atoms with van der Waals surface area (Å²) in [6, 6.07) is 1.57. The minimum atomic E-state index is 0.783. The fourth-order valence-electron chi connectivity index (χ4n) is 2.03. The van der Waals surface area contributed by atoms with Gasteiger partial charge in [-0.1, -0.05) is 6.42 Å². The van der Waals surface area contributed by atoms with Crippen molar-refractivity contribution in [3.63, 3.8) is 0 Å². The monoisotopic (exact) mass is 173 g/mol. The lowest BCUT2D eigenvalue weighted by atomic mass is 9.98. The molecule has 0 saturated carbocycles. The van der Waals surface area contributed by atoms with Crippen molar-refractivity contribution in [1.82, 2.24) is 4.90 Å². The Morgan fingerprint density at radius 2 is 1.82 bits per heavy atom. The van der Waals surface area contributed by atoms with E-state index in [4.69, 9.17) is 0 Å². The van der Waals surface area contributed by atoms with Crippen LogP contribution >= 0.6 is 12.6 Å². The maximum atomic E-state index is 4.27. The van der Waals surface area contributed by atoms with E-state index >= 15 is 0 Å². The Labute approximate surface area is 75.6 Å². The highest BCUT2D eigenvalue weighted by atomic mass is 32.1. The van der Waals surface area contributed by atoms with E-state index in [1.54, 1.807) is 0 Å². The van der Waals surface area contributed by atoms with Crippen LogP contribution in [0.15, 0.2) is 0 Å². The zero-order valence-electron chi connectivity index (χ0n) is 7.58. The van der Waals surface area contributed by atoms with Crippen molar-refractivity contribution in [2.45, 2.75) is 45.2 Å². The van der Waals surface area contributed by atoms with Gasteiger partial charge in [-0.15, -0.1) is 0 Å². The number of piperidine rings is 1. The maximum absolute atomic E-state index is 4.27. The molecule has 1 fully saturated rings. The highest BCUT2D eigenvalue weighted by Crippen LogP contribution is 2.21. The van der Waals surface area contributed by atoms with Crippen LogP contribution in [0.1, 0.15) is 33.1 Å². The third kappa shape index (κ3) is 2.38. The van der Waals surface area contributed by atoms with E-state index in [1.165, 1.54) is 19.3 Å². The van der Waals surface area contributed by atoms with E-state index in [0.717, 1.165) is 24.4 Å². The van der Waals surface area contributed by atoms with Crippen LogP contribution in [0.4, 0.5) is 0 Å². The quantitative estimate of drug-likeness (QED) is 0.626. The predicted molar refractivity (Wildman–Crippen MR) is 53.3 cm³/mol. The Morgan fingerprint density at radius 3 is 2.27 bits per heavy atom. The molecule has 0 amide bonds. The largest absolute Gasteiger partial charge is 0.297 e. The summed E-state index contributed by atoms with van der Waals surface area (Å²) in [4.78, 5) is 2.58. The van der Waals surface area contributed by atoms with Crippen molar-refractivity contribution in [3.05, 3.63) is 0 Å². The Kier molecular flexibility index (Phi) is 3.73. The molecule has 1 saturated heterocycles. The van der Waals surface area contributed by atoms with Crippen LogP contribution < -0.4 is 0 Å². The second-order valence-electron chi connectivity index (χ2n) is 3.59. The molecule has 0 aromatic carbocycles. The molecule has 1 aliphatic rings. The zero-order chi connectivity index (χ0) is 8.27. The Hall–Kier alpha value is 0.310. The average Bonchev–Trinajstić information content (AvgIpc) is 1.97. The van der Waals surface area contributed by atoms with Gasteiger partial charge in [0.15, 0.2) is 0 Å². The number of rotatable bonds is 2. The standard InChI is InChI=1S/C9H19NS/c1-8-4-3-5-9(2)10(8)6-7-11/h8-9,11H,3-7H2,1-2H3. The molecular formula is C9H19NS. The molecule has 66 valence electrons. The number of thiol groups is 1. The highest BCUT2D eigenvalue weighted by molar-refractivity contribution is 7.80. The summed E-state index contributed by atoms with van der Waals surface area (Å²) >= 11 is 4.27. The molecule has 0 bridgehead atoms. The highest BCUT2D eigenvalue weighted by Gasteiger charge is 2.23. The topological polar surface area (TPSA) is 3.24 Å². The summed E-state index contributed by atoms with van der Waals surface area (Å²) in [5.41, 5.74) is 0. The smallest absolute Gasteiger partial charge is 0.00755 e. The van der Waals surface area contributed by atoms with E-state index in [9.17, 15) is 0 Å². The molecule has 0 radical (unpaired) electrons. The number of nitrogens with zero attached hydrogens (tertiary/aromatic N) is 1. The van der Waals surface area contributed by atoms with Crippen molar-refractivity contribution in [2.24, 2.45) is 0 Å². The lowest BCUT2D eigenvalue weighted by Crippen LogP contribution is -2.44. The first kappa shape index (κ1) is 9.40. The summed E-state index contributed by atoms with van der Waals surface area (Å²) in [5.74, 6) is 0.995. The molecule has 0 aliphatic carbocycles. The normalized spacial score (nSPS) is 34.1. The average molecular weight is 173 g/mol. The summed E-state index contributed by atoms with van der Waals surface area (Å²) in [5, 5.41) is 0. The van der Waals surface area contributed by atoms with Gasteiger partial charge in [0.2, 0.25) is 0 Å². The van der Waals surface area contributed by atoms with Gasteiger partial charge in [-0.3, -0.25) is 4.90 Å². The third-order valence-electron chi connectivity index (χ3n) is 2.73. The van der Waals surface area contributed by atoms with E-state index in [1.807, 2.05) is 0 Å². The first-order valence-corrected chi connectivity index (χ1v) is 5.25. The first-order valence-electron chi connectivity index (χ1n) is 4.62. The van der Waals surface area contributed by atoms with Gasteiger partial charge in [0.1, 0.15) is 0 Å². The first-order chi connectivity index (χ1) is 5.25. The van der Waals surface area contributed by atoms with Crippen LogP contribution in [0, 0.1) is 0 Å². The lowest BCUT2D eigenvalue weighted by Gasteiger charge is -2.38. The molecule has 0 N–H and O–H groups in total. The number of likely N-dealkylation sites (tertiary alicyclic amines) is 1. The van der Waals surface area contributed by atoms with Crippen molar-refractivity contribution >= 4 is 12.6 Å². The molecule has 0 spiro atoms. The van der Waals surface area contributed by atoms with E-state index in [-0.39, 0.29) is 0 Å². The zero-order valence-corrected chi connectivity index (χ0v) is 8.48. The maximum Gasteiger partial charge on any atom is 0.00755 e. The molecule has 1 aliphatic heterocycles. The van der Waals surface area contributed by atoms with Crippen LogP contribution in [0.2, 0.25) is 0 Å². The van der Waals surface area contributed by atoms with Gasteiger partial charge in [-0.05, 0) is 26.7 Å². The van der Waals surface area contributed by atoms with Crippen LogP contribution in [-0.4, -0.2) is 29.3 Å². The molecule has 2 unspecified atom stereocenters. The van der Waals surface area contributed by atoms with Gasteiger partial charge < -0.3 is 0 Å². The molecule has 0 aromatic heterocycles. The molecule has 2 atom stereocenters. The Morgan fingerprint density at radius 1 is 1.27 bits per heavy atom. The van der Waals surface area contributed by atoms with E-state index in [2.05, 4.69) is 31.4 Å². The number of hydrogen-bond acceptors (Lipinski definition) is 2. The lowest BCUT2D eigenvalue weighted by molar-refractivity contribution is 0.112. The van der Waals surface area contributed by atoms with Gasteiger partial charge in [0, 0.05) is 24.4 Å². The Bertz CT molecular complexity index is 106. The molecular weight excluding hydrogens is 154 g/mol. The van der Waals surface area contributed by atoms with Crippen LogP contribution in [0.5, 0.6) is 0 Å². The van der Waals surface area contributed by atoms with E-state index in [0.29, 0.717) is 0 Å². The van der Waals surface area contributed by atoms with Crippen LogP contribution in [-0.2, 0) is 0 Å². The van der Waals surface area contributed by atoms with Crippen molar-refractivity contribution < 1.29 is 0 Å². The second-order valence-corrected chi connectivity index (χ2v) is 4.04. The van der Waals surface area contributed by atoms with Gasteiger partial charge >= 0.3 is 0 Å². The molecule has 1 heterocycles. The fraction of sp³-hybridized carbons (Fsp3) is 1.00. The van der Waals surface area contributed by atoms with Gasteiger partial charge in [-0.25, -0.2) is 0 Å². The minimum absolute atomic E-state index is 0.783. The Balaban J connectivity index is 2.41. The molecule has 1 nitrogen and oxygen atoms in total.